The van der Waals surface area contributed by atoms with E-state index in [0.29, 0.717) is 12.0 Å². The van der Waals surface area contributed by atoms with E-state index in [4.69, 9.17) is 4.74 Å². The first-order valence-electron chi connectivity index (χ1n) is 3.25. The zero-order chi connectivity index (χ0) is 6.57. The molecule has 2 atom stereocenters. The summed E-state index contributed by atoms with van der Waals surface area (Å²) in [6, 6.07) is 0. The minimum atomic E-state index is 0.417. The summed E-state index contributed by atoms with van der Waals surface area (Å²) in [5.41, 5.74) is 0. The van der Waals surface area contributed by atoms with Gasteiger partial charge in [0.25, 0.3) is 0 Å². The molecule has 0 saturated carbocycles. The normalized spacial score (nSPS) is 18.0. The molecule has 0 amide bonds. The maximum Gasteiger partial charge on any atom is 0.0568 e. The van der Waals surface area contributed by atoms with Crippen molar-refractivity contribution in [3.63, 3.8) is 0 Å². The second kappa shape index (κ2) is 3.90. The van der Waals surface area contributed by atoms with E-state index in [1.165, 1.54) is 6.42 Å². The first-order chi connectivity index (χ1) is 3.72. The fourth-order valence-electron chi connectivity index (χ4n) is 0.564. The lowest BCUT2D eigenvalue weighted by Crippen LogP contribution is -2.14. The van der Waals surface area contributed by atoms with Crippen LogP contribution in [0.15, 0.2) is 0 Å². The van der Waals surface area contributed by atoms with Crippen molar-refractivity contribution >= 4 is 0 Å². The highest BCUT2D eigenvalue weighted by atomic mass is 16.5. The van der Waals surface area contributed by atoms with Crippen LogP contribution in [-0.2, 0) is 4.74 Å². The number of hydrogen-bond acceptors (Lipinski definition) is 1. The average Bonchev–Trinajstić information content (AvgIpc) is 1.84. The predicted molar refractivity (Wildman–Crippen MR) is 35.9 cm³/mol. The van der Waals surface area contributed by atoms with E-state index in [1.807, 2.05) is 0 Å². The van der Waals surface area contributed by atoms with E-state index >= 15 is 0 Å². The van der Waals surface area contributed by atoms with E-state index in [2.05, 4.69) is 20.8 Å². The van der Waals surface area contributed by atoms with Crippen LogP contribution in [0.2, 0.25) is 0 Å². The molecule has 50 valence electrons. The Morgan fingerprint density at radius 3 is 2.00 bits per heavy atom. The minimum Gasteiger partial charge on any atom is -0.381 e. The lowest BCUT2D eigenvalue weighted by atomic mass is 10.0. The summed E-state index contributed by atoms with van der Waals surface area (Å²) < 4.78 is 5.10. The van der Waals surface area contributed by atoms with Gasteiger partial charge in [0.15, 0.2) is 0 Å². The van der Waals surface area contributed by atoms with Gasteiger partial charge in [0, 0.05) is 7.11 Å². The quantitative estimate of drug-likeness (QED) is 0.548. The molecule has 0 aliphatic carbocycles. The van der Waals surface area contributed by atoms with Gasteiger partial charge in [-0.2, -0.15) is 0 Å². The molecule has 0 bridgehead atoms. The molecule has 8 heavy (non-hydrogen) atoms. The Kier molecular flexibility index (Phi) is 3.88. The molecule has 0 aliphatic heterocycles. The van der Waals surface area contributed by atoms with Gasteiger partial charge in [-0.3, -0.25) is 0 Å². The Bertz CT molecular complexity index is 44.3. The maximum atomic E-state index is 5.10. The van der Waals surface area contributed by atoms with Crippen molar-refractivity contribution in [2.24, 2.45) is 5.92 Å². The molecular formula is C7H16O. The van der Waals surface area contributed by atoms with Crippen LogP contribution in [0.25, 0.3) is 0 Å². The summed E-state index contributed by atoms with van der Waals surface area (Å²) in [6.07, 6.45) is 1.62. The molecule has 1 heteroatoms. The van der Waals surface area contributed by atoms with E-state index in [-0.39, 0.29) is 0 Å². The number of ether oxygens (including phenoxy) is 1. The van der Waals surface area contributed by atoms with Gasteiger partial charge in [-0.25, -0.2) is 0 Å². The molecule has 0 rings (SSSR count). The van der Waals surface area contributed by atoms with Crippen molar-refractivity contribution in [3.8, 4) is 0 Å². The topological polar surface area (TPSA) is 9.23 Å². The van der Waals surface area contributed by atoms with Crippen LogP contribution < -0.4 is 0 Å². The smallest absolute Gasteiger partial charge is 0.0568 e. The van der Waals surface area contributed by atoms with E-state index in [9.17, 15) is 0 Å². The lowest BCUT2D eigenvalue weighted by molar-refractivity contribution is 0.0723. The Morgan fingerprint density at radius 2 is 1.88 bits per heavy atom. The summed E-state index contributed by atoms with van der Waals surface area (Å²) >= 11 is 0. The lowest BCUT2D eigenvalue weighted by Gasteiger charge is -2.15. The van der Waals surface area contributed by atoms with E-state index in [0.717, 1.165) is 0 Å². The van der Waals surface area contributed by atoms with Crippen molar-refractivity contribution in [3.05, 3.63) is 0 Å². The highest BCUT2D eigenvalue weighted by molar-refractivity contribution is 4.56. The van der Waals surface area contributed by atoms with Gasteiger partial charge in [0.2, 0.25) is 0 Å². The summed E-state index contributed by atoms with van der Waals surface area (Å²) in [4.78, 5) is 0. The van der Waals surface area contributed by atoms with Crippen LogP contribution in [0.4, 0.5) is 0 Å². The Hall–Kier alpha value is -0.0400. The molecule has 0 unspecified atom stereocenters. The van der Waals surface area contributed by atoms with Crippen LogP contribution in [0.3, 0.4) is 0 Å². The number of rotatable bonds is 3. The minimum absolute atomic E-state index is 0.417. The summed E-state index contributed by atoms with van der Waals surface area (Å²) in [5, 5.41) is 0. The zero-order valence-electron chi connectivity index (χ0n) is 6.27. The average molecular weight is 116 g/mol. The van der Waals surface area contributed by atoms with Crippen LogP contribution in [-0.4, -0.2) is 13.2 Å². The van der Waals surface area contributed by atoms with Gasteiger partial charge in [-0.05, 0) is 12.8 Å². The fourth-order valence-corrected chi connectivity index (χ4v) is 0.564. The Balaban J connectivity index is 3.29. The molecule has 0 aliphatic rings. The zero-order valence-corrected chi connectivity index (χ0v) is 6.27. The van der Waals surface area contributed by atoms with Gasteiger partial charge in [-0.15, -0.1) is 0 Å². The summed E-state index contributed by atoms with van der Waals surface area (Å²) in [5.74, 6) is 0.694. The molecule has 0 N–H and O–H groups in total. The van der Waals surface area contributed by atoms with Crippen molar-refractivity contribution in [2.75, 3.05) is 7.11 Å². The third-order valence-electron chi connectivity index (χ3n) is 1.82. The second-order valence-corrected chi connectivity index (χ2v) is 2.33. The number of hydrogen-bond donors (Lipinski definition) is 0. The van der Waals surface area contributed by atoms with Gasteiger partial charge in [-0.1, -0.05) is 20.3 Å². The highest BCUT2D eigenvalue weighted by Gasteiger charge is 2.06. The highest BCUT2D eigenvalue weighted by Crippen LogP contribution is 2.08. The standard InChI is InChI=1S/C7H16O/c1-5-6(2)7(3)8-4/h6-7H,5H2,1-4H3/t6-,7+/m1/s1. The van der Waals surface area contributed by atoms with Gasteiger partial charge >= 0.3 is 0 Å². The van der Waals surface area contributed by atoms with Crippen molar-refractivity contribution in [1.82, 2.24) is 0 Å². The van der Waals surface area contributed by atoms with E-state index < -0.39 is 0 Å². The SMILES string of the molecule is CC[C@@H](C)[C@H](C)OC. The van der Waals surface area contributed by atoms with Crippen LogP contribution in [0, 0.1) is 5.92 Å². The van der Waals surface area contributed by atoms with Crippen LogP contribution >= 0.6 is 0 Å². The molecule has 0 aromatic rings. The molecule has 0 saturated heterocycles. The van der Waals surface area contributed by atoms with Crippen molar-refractivity contribution in [2.45, 2.75) is 33.3 Å². The molecule has 1 nitrogen and oxygen atoms in total. The Labute approximate surface area is 52.0 Å². The van der Waals surface area contributed by atoms with Gasteiger partial charge < -0.3 is 4.74 Å². The summed E-state index contributed by atoms with van der Waals surface area (Å²) in [6.45, 7) is 6.49. The maximum absolute atomic E-state index is 5.10. The van der Waals surface area contributed by atoms with Crippen molar-refractivity contribution in [1.29, 1.82) is 0 Å². The predicted octanol–water partition coefficient (Wildman–Crippen LogP) is 2.07. The number of methoxy groups -OCH3 is 1. The third-order valence-corrected chi connectivity index (χ3v) is 1.82. The molecule has 0 aromatic heterocycles. The van der Waals surface area contributed by atoms with Gasteiger partial charge in [0.05, 0.1) is 6.10 Å². The van der Waals surface area contributed by atoms with Crippen LogP contribution in [0.5, 0.6) is 0 Å². The van der Waals surface area contributed by atoms with Crippen LogP contribution in [0.1, 0.15) is 27.2 Å². The first kappa shape index (κ1) is 7.96. The molecule has 0 spiro atoms. The summed E-state index contributed by atoms with van der Waals surface area (Å²) in [7, 11) is 1.76. The molecule has 0 aromatic carbocycles. The fraction of sp³-hybridized carbons (Fsp3) is 1.00. The Morgan fingerprint density at radius 1 is 1.38 bits per heavy atom. The molecule has 0 fully saturated rings. The molecule has 0 radical (unpaired) electrons. The largest absolute Gasteiger partial charge is 0.381 e. The van der Waals surface area contributed by atoms with Gasteiger partial charge in [0.1, 0.15) is 0 Å². The van der Waals surface area contributed by atoms with E-state index in [1.54, 1.807) is 7.11 Å². The monoisotopic (exact) mass is 116 g/mol. The molecule has 0 heterocycles. The third kappa shape index (κ3) is 2.31. The molecular weight excluding hydrogens is 100 g/mol. The first-order valence-corrected chi connectivity index (χ1v) is 3.25. The van der Waals surface area contributed by atoms with Crippen molar-refractivity contribution < 1.29 is 4.74 Å². The second-order valence-electron chi connectivity index (χ2n) is 2.33.